The fourth-order valence-corrected chi connectivity index (χ4v) is 3.85. The van der Waals surface area contributed by atoms with Gasteiger partial charge in [-0.2, -0.15) is 11.8 Å². The van der Waals surface area contributed by atoms with Crippen molar-refractivity contribution in [1.29, 1.82) is 0 Å². The number of hydrogen-bond acceptors (Lipinski definition) is 4. The Morgan fingerprint density at radius 3 is 3.00 bits per heavy atom. The van der Waals surface area contributed by atoms with E-state index in [-0.39, 0.29) is 5.56 Å². The zero-order valence-electron chi connectivity index (χ0n) is 12.4. The number of carboxylic acids is 1. The number of aromatic carboxylic acids is 1. The molecule has 0 saturated heterocycles. The second-order valence-electron chi connectivity index (χ2n) is 5.19. The molecule has 2 rings (SSSR count). The lowest BCUT2D eigenvalue weighted by atomic mass is 10.2. The zero-order valence-corrected chi connectivity index (χ0v) is 13.2. The van der Waals surface area contributed by atoms with Crippen LogP contribution >= 0.6 is 11.8 Å². The first-order valence-electron chi connectivity index (χ1n) is 7.50. The molecule has 0 heterocycles. The normalized spacial score (nSPS) is 21.4. The first-order valence-corrected chi connectivity index (χ1v) is 8.55. The van der Waals surface area contributed by atoms with Gasteiger partial charge in [-0.1, -0.05) is 19.1 Å². The molecule has 0 radical (unpaired) electrons. The highest BCUT2D eigenvalue weighted by Crippen LogP contribution is 2.29. The van der Waals surface area contributed by atoms with Gasteiger partial charge in [-0.15, -0.1) is 0 Å². The van der Waals surface area contributed by atoms with Gasteiger partial charge in [0.2, 0.25) is 0 Å². The van der Waals surface area contributed by atoms with Gasteiger partial charge in [-0.25, -0.2) is 4.79 Å². The van der Waals surface area contributed by atoms with Crippen LogP contribution in [0.25, 0.3) is 0 Å². The molecule has 1 aromatic carbocycles. The van der Waals surface area contributed by atoms with Crippen LogP contribution in [0, 0.1) is 0 Å². The molecule has 2 atom stereocenters. The summed E-state index contributed by atoms with van der Waals surface area (Å²) in [6.07, 6.45) is 3.74. The predicted molar refractivity (Wildman–Crippen MR) is 86.5 cm³/mol. The summed E-state index contributed by atoms with van der Waals surface area (Å²) in [6, 6.07) is 7.34. The Kier molecular flexibility index (Phi) is 6.39. The summed E-state index contributed by atoms with van der Waals surface area (Å²) >= 11 is 2.05. The largest absolute Gasteiger partial charge is 0.491 e. The van der Waals surface area contributed by atoms with Gasteiger partial charge in [-0.3, -0.25) is 0 Å². The van der Waals surface area contributed by atoms with Crippen LogP contribution in [-0.4, -0.2) is 41.3 Å². The lowest BCUT2D eigenvalue weighted by Gasteiger charge is -2.14. The summed E-state index contributed by atoms with van der Waals surface area (Å²) in [5, 5.41) is 13.4. The Hall–Kier alpha value is -1.20. The van der Waals surface area contributed by atoms with Crippen molar-refractivity contribution in [1.82, 2.24) is 5.32 Å². The summed E-state index contributed by atoms with van der Waals surface area (Å²) in [5.74, 6) is 0.679. The molecule has 1 fully saturated rings. The molecule has 116 valence electrons. The number of ether oxygens (including phenoxy) is 1. The summed E-state index contributed by atoms with van der Waals surface area (Å²) in [6.45, 7) is 3.45. The van der Waals surface area contributed by atoms with Gasteiger partial charge in [0.1, 0.15) is 17.9 Å². The quantitative estimate of drug-likeness (QED) is 0.723. The van der Waals surface area contributed by atoms with Gasteiger partial charge >= 0.3 is 5.97 Å². The van der Waals surface area contributed by atoms with E-state index in [0.717, 1.165) is 11.8 Å². The van der Waals surface area contributed by atoms with Crippen molar-refractivity contribution in [3.8, 4) is 5.75 Å². The van der Waals surface area contributed by atoms with Crippen LogP contribution in [0.4, 0.5) is 0 Å². The van der Waals surface area contributed by atoms with Crippen LogP contribution in [0.1, 0.15) is 36.5 Å². The van der Waals surface area contributed by atoms with E-state index in [4.69, 9.17) is 9.84 Å². The lowest BCUT2D eigenvalue weighted by molar-refractivity contribution is 0.0692. The standard InChI is InChI=1S/C16H23NO3S/c1-2-21-13-8-7-12(11-13)17-9-10-20-15-6-4-3-5-14(15)16(18)19/h3-6,12-13,17H,2,7-11H2,1H3,(H,18,19). The Balaban J connectivity index is 1.70. The molecule has 0 amide bonds. The maximum atomic E-state index is 11.1. The summed E-state index contributed by atoms with van der Waals surface area (Å²) in [5.41, 5.74) is 0.220. The number of rotatable bonds is 8. The Labute approximate surface area is 130 Å². The van der Waals surface area contributed by atoms with Gasteiger partial charge in [0.05, 0.1) is 0 Å². The molecule has 0 bridgehead atoms. The number of carbonyl (C=O) groups is 1. The van der Waals surface area contributed by atoms with Crippen molar-refractivity contribution in [3.63, 3.8) is 0 Å². The zero-order chi connectivity index (χ0) is 15.1. The fraction of sp³-hybridized carbons (Fsp3) is 0.562. The van der Waals surface area contributed by atoms with E-state index in [9.17, 15) is 4.79 Å². The van der Waals surface area contributed by atoms with Crippen molar-refractivity contribution in [2.24, 2.45) is 0 Å². The molecule has 1 aliphatic carbocycles. The minimum Gasteiger partial charge on any atom is -0.491 e. The van der Waals surface area contributed by atoms with Gasteiger partial charge in [0.25, 0.3) is 0 Å². The van der Waals surface area contributed by atoms with Crippen molar-refractivity contribution in [3.05, 3.63) is 29.8 Å². The maximum absolute atomic E-state index is 11.1. The molecule has 21 heavy (non-hydrogen) atoms. The average Bonchev–Trinajstić information content (AvgIpc) is 2.92. The predicted octanol–water partition coefficient (Wildman–Crippen LogP) is 3.03. The smallest absolute Gasteiger partial charge is 0.339 e. The monoisotopic (exact) mass is 309 g/mol. The Morgan fingerprint density at radius 1 is 1.43 bits per heavy atom. The number of nitrogens with one attached hydrogen (secondary N) is 1. The van der Waals surface area contributed by atoms with Gasteiger partial charge in [-0.05, 0) is 37.1 Å². The van der Waals surface area contributed by atoms with Crippen LogP contribution in [0.3, 0.4) is 0 Å². The van der Waals surface area contributed by atoms with E-state index in [2.05, 4.69) is 12.2 Å². The summed E-state index contributed by atoms with van der Waals surface area (Å²) < 4.78 is 5.58. The first-order chi connectivity index (χ1) is 10.2. The third kappa shape index (κ3) is 4.93. The first kappa shape index (κ1) is 16.2. The highest BCUT2D eigenvalue weighted by Gasteiger charge is 2.23. The molecule has 1 aromatic rings. The van der Waals surface area contributed by atoms with E-state index in [0.29, 0.717) is 18.4 Å². The number of hydrogen-bond donors (Lipinski definition) is 2. The number of carboxylic acid groups (broad SMARTS) is 1. The molecule has 1 saturated carbocycles. The summed E-state index contributed by atoms with van der Waals surface area (Å²) in [7, 11) is 0. The third-order valence-electron chi connectivity index (χ3n) is 3.70. The molecule has 1 aliphatic rings. The fourth-order valence-electron chi connectivity index (χ4n) is 2.71. The second-order valence-corrected chi connectivity index (χ2v) is 6.77. The SMILES string of the molecule is CCSC1CCC(NCCOc2ccccc2C(=O)O)C1. The molecule has 0 aromatic heterocycles. The van der Waals surface area contributed by atoms with E-state index in [1.807, 2.05) is 11.8 Å². The molecule has 0 spiro atoms. The molecular weight excluding hydrogens is 286 g/mol. The van der Waals surface area contributed by atoms with Crippen molar-refractivity contribution < 1.29 is 14.6 Å². The van der Waals surface area contributed by atoms with Crippen LogP contribution in [0.2, 0.25) is 0 Å². The average molecular weight is 309 g/mol. The van der Waals surface area contributed by atoms with Crippen molar-refractivity contribution in [2.45, 2.75) is 37.5 Å². The van der Waals surface area contributed by atoms with Crippen LogP contribution in [0.15, 0.2) is 24.3 Å². The Morgan fingerprint density at radius 2 is 2.24 bits per heavy atom. The van der Waals surface area contributed by atoms with Crippen LogP contribution in [-0.2, 0) is 0 Å². The van der Waals surface area contributed by atoms with E-state index < -0.39 is 5.97 Å². The topological polar surface area (TPSA) is 58.6 Å². The minimum absolute atomic E-state index is 0.220. The summed E-state index contributed by atoms with van der Waals surface area (Å²) in [4.78, 5) is 11.1. The third-order valence-corrected chi connectivity index (χ3v) is 4.93. The van der Waals surface area contributed by atoms with E-state index >= 15 is 0 Å². The Bertz CT molecular complexity index is 467. The number of benzene rings is 1. The molecule has 4 nitrogen and oxygen atoms in total. The van der Waals surface area contributed by atoms with Gasteiger partial charge in [0, 0.05) is 17.8 Å². The molecule has 5 heteroatoms. The maximum Gasteiger partial charge on any atom is 0.339 e. The van der Waals surface area contributed by atoms with Crippen molar-refractivity contribution in [2.75, 3.05) is 18.9 Å². The van der Waals surface area contributed by atoms with Crippen molar-refractivity contribution >= 4 is 17.7 Å². The number of thioether (sulfide) groups is 1. The molecule has 0 aliphatic heterocycles. The number of para-hydroxylation sites is 1. The highest BCUT2D eigenvalue weighted by atomic mass is 32.2. The highest BCUT2D eigenvalue weighted by molar-refractivity contribution is 7.99. The van der Waals surface area contributed by atoms with Gasteiger partial charge < -0.3 is 15.2 Å². The van der Waals surface area contributed by atoms with Crippen LogP contribution in [0.5, 0.6) is 5.75 Å². The molecule has 2 unspecified atom stereocenters. The van der Waals surface area contributed by atoms with E-state index in [1.54, 1.807) is 24.3 Å². The van der Waals surface area contributed by atoms with Gasteiger partial charge in [0.15, 0.2) is 0 Å². The minimum atomic E-state index is -0.950. The lowest BCUT2D eigenvalue weighted by Crippen LogP contribution is -2.30. The van der Waals surface area contributed by atoms with Crippen LogP contribution < -0.4 is 10.1 Å². The molecular formula is C16H23NO3S. The second kappa shape index (κ2) is 8.29. The van der Waals surface area contributed by atoms with E-state index in [1.165, 1.54) is 25.0 Å². The molecule has 2 N–H and O–H groups in total.